The highest BCUT2D eigenvalue weighted by Crippen LogP contribution is 2.38. The molecule has 0 aliphatic carbocycles. The Morgan fingerprint density at radius 2 is 1.72 bits per heavy atom. The molecular formula is C21H24O3S. The summed E-state index contributed by atoms with van der Waals surface area (Å²) in [5, 5.41) is 0. The molecule has 1 aliphatic rings. The quantitative estimate of drug-likeness (QED) is 0.779. The number of carbonyl (C=O) groups excluding carboxylic acids is 1. The Balaban J connectivity index is 1.99. The van der Waals surface area contributed by atoms with Crippen LogP contribution in [0.4, 0.5) is 0 Å². The van der Waals surface area contributed by atoms with Gasteiger partial charge in [-0.1, -0.05) is 36.4 Å². The zero-order valence-corrected chi connectivity index (χ0v) is 15.8. The lowest BCUT2D eigenvalue weighted by atomic mass is 9.81. The van der Waals surface area contributed by atoms with Gasteiger partial charge in [0.1, 0.15) is 4.75 Å². The normalized spacial score (nSPS) is 24.6. The molecule has 0 bridgehead atoms. The molecule has 0 saturated carbocycles. The third-order valence-corrected chi connectivity index (χ3v) is 7.29. The van der Waals surface area contributed by atoms with E-state index >= 15 is 0 Å². The van der Waals surface area contributed by atoms with Crippen molar-refractivity contribution >= 4 is 16.8 Å². The lowest BCUT2D eigenvalue weighted by Crippen LogP contribution is -2.52. The van der Waals surface area contributed by atoms with Crippen LogP contribution in [0, 0.1) is 19.8 Å². The molecule has 1 heterocycles. The van der Waals surface area contributed by atoms with Crippen molar-refractivity contribution in [3.63, 3.8) is 0 Å². The van der Waals surface area contributed by atoms with Gasteiger partial charge in [-0.15, -0.1) is 0 Å². The number of aryl methyl sites for hydroxylation is 2. The summed E-state index contributed by atoms with van der Waals surface area (Å²) in [5.41, 5.74) is 3.68. The number of ether oxygens (including phenoxy) is 1. The Bertz CT molecular complexity index is 780. The van der Waals surface area contributed by atoms with Gasteiger partial charge in [0, 0.05) is 4.90 Å². The Morgan fingerprint density at radius 1 is 1.08 bits per heavy atom. The summed E-state index contributed by atoms with van der Waals surface area (Å²) >= 11 is 0. The van der Waals surface area contributed by atoms with Crippen LogP contribution in [0.2, 0.25) is 0 Å². The maximum atomic E-state index is 13.3. The summed E-state index contributed by atoms with van der Waals surface area (Å²) in [4.78, 5) is 13.4. The van der Waals surface area contributed by atoms with Gasteiger partial charge in [0.2, 0.25) is 0 Å². The monoisotopic (exact) mass is 356 g/mol. The van der Waals surface area contributed by atoms with E-state index in [0.29, 0.717) is 11.5 Å². The van der Waals surface area contributed by atoms with E-state index in [1.807, 2.05) is 36.4 Å². The molecule has 3 nitrogen and oxygen atoms in total. The Labute approximate surface area is 151 Å². The van der Waals surface area contributed by atoms with E-state index in [1.165, 1.54) is 16.7 Å². The van der Waals surface area contributed by atoms with Crippen molar-refractivity contribution in [1.29, 1.82) is 0 Å². The number of cyclic esters (lactones) is 1. The van der Waals surface area contributed by atoms with Crippen molar-refractivity contribution < 1.29 is 13.7 Å². The first kappa shape index (κ1) is 17.9. The van der Waals surface area contributed by atoms with E-state index in [-0.39, 0.29) is 11.9 Å². The number of hydrogen-bond acceptors (Lipinski definition) is 3. The van der Waals surface area contributed by atoms with E-state index in [4.69, 9.17) is 4.74 Å². The molecule has 3 rings (SSSR count). The highest BCUT2D eigenvalue weighted by molar-refractivity contribution is 7.87. The average molecular weight is 356 g/mol. The van der Waals surface area contributed by atoms with Gasteiger partial charge in [-0.05, 0) is 68.4 Å². The topological polar surface area (TPSA) is 43.4 Å². The van der Waals surface area contributed by atoms with E-state index < -0.39 is 15.5 Å². The van der Waals surface area contributed by atoms with Gasteiger partial charge < -0.3 is 4.74 Å². The molecule has 0 aromatic heterocycles. The molecule has 0 radical (unpaired) electrons. The number of hydrogen-bond donors (Lipinski definition) is 0. The standard InChI is InChI=1S/C21H24O3S/c1-15-8-7-9-16(2)19(15)14-17-12-13-24-20(22)21(17,3)25(23)18-10-5-4-6-11-18/h4-11,17H,12-14H2,1-3H3. The zero-order valence-electron chi connectivity index (χ0n) is 15.0. The minimum atomic E-state index is -1.46. The van der Waals surface area contributed by atoms with Crippen molar-refractivity contribution in [3.8, 4) is 0 Å². The molecule has 2 aromatic carbocycles. The van der Waals surface area contributed by atoms with E-state index in [0.717, 1.165) is 12.8 Å². The molecule has 132 valence electrons. The van der Waals surface area contributed by atoms with Crippen molar-refractivity contribution in [1.82, 2.24) is 0 Å². The van der Waals surface area contributed by atoms with Crippen LogP contribution in [-0.2, 0) is 26.8 Å². The van der Waals surface area contributed by atoms with Gasteiger partial charge >= 0.3 is 5.97 Å². The summed E-state index contributed by atoms with van der Waals surface area (Å²) in [5.74, 6) is -0.369. The summed E-state index contributed by atoms with van der Waals surface area (Å²) in [6, 6.07) is 15.5. The molecule has 0 spiro atoms. The smallest absolute Gasteiger partial charge is 0.325 e. The van der Waals surface area contributed by atoms with Crippen LogP contribution in [0.1, 0.15) is 30.0 Å². The molecular weight excluding hydrogens is 332 g/mol. The lowest BCUT2D eigenvalue weighted by Gasteiger charge is -2.39. The van der Waals surface area contributed by atoms with Crippen molar-refractivity contribution in [2.24, 2.45) is 5.92 Å². The minimum Gasteiger partial charge on any atom is -0.465 e. The van der Waals surface area contributed by atoms with Crippen LogP contribution >= 0.6 is 0 Å². The SMILES string of the molecule is Cc1cccc(C)c1CC1CCOC(=O)C1(C)S(=O)c1ccccc1. The molecule has 4 heteroatoms. The lowest BCUT2D eigenvalue weighted by molar-refractivity contribution is -0.153. The van der Waals surface area contributed by atoms with Crippen LogP contribution in [0.25, 0.3) is 0 Å². The summed E-state index contributed by atoms with van der Waals surface area (Å²) in [6.45, 7) is 6.38. The zero-order chi connectivity index (χ0) is 18.0. The maximum Gasteiger partial charge on any atom is 0.325 e. The summed E-state index contributed by atoms with van der Waals surface area (Å²) in [7, 11) is -1.46. The third-order valence-electron chi connectivity index (χ3n) is 5.32. The second-order valence-corrected chi connectivity index (χ2v) is 8.74. The summed E-state index contributed by atoms with van der Waals surface area (Å²) in [6.07, 6.45) is 1.47. The fourth-order valence-corrected chi connectivity index (χ4v) is 5.22. The second kappa shape index (κ2) is 7.12. The molecule has 1 fully saturated rings. The predicted molar refractivity (Wildman–Crippen MR) is 99.9 cm³/mol. The van der Waals surface area contributed by atoms with Crippen molar-refractivity contribution in [2.45, 2.75) is 43.3 Å². The van der Waals surface area contributed by atoms with Gasteiger partial charge in [-0.2, -0.15) is 0 Å². The van der Waals surface area contributed by atoms with Gasteiger partial charge in [-0.25, -0.2) is 0 Å². The second-order valence-electron chi connectivity index (χ2n) is 6.88. The Hall–Kier alpha value is -1.94. The van der Waals surface area contributed by atoms with Gasteiger partial charge in [0.25, 0.3) is 0 Å². The van der Waals surface area contributed by atoms with Crippen molar-refractivity contribution in [3.05, 3.63) is 65.2 Å². The molecule has 1 aliphatic heterocycles. The largest absolute Gasteiger partial charge is 0.465 e. The first-order chi connectivity index (χ1) is 11.9. The van der Waals surface area contributed by atoms with Crippen LogP contribution in [-0.4, -0.2) is 21.5 Å². The van der Waals surface area contributed by atoms with Gasteiger partial charge in [-0.3, -0.25) is 9.00 Å². The third kappa shape index (κ3) is 3.28. The Morgan fingerprint density at radius 3 is 2.36 bits per heavy atom. The van der Waals surface area contributed by atoms with Gasteiger partial charge in [0.15, 0.2) is 0 Å². The van der Waals surface area contributed by atoms with Crippen molar-refractivity contribution in [2.75, 3.05) is 6.61 Å². The predicted octanol–water partition coefficient (Wildman–Crippen LogP) is 3.98. The van der Waals surface area contributed by atoms with E-state index in [2.05, 4.69) is 26.0 Å². The van der Waals surface area contributed by atoms with Gasteiger partial charge in [0.05, 0.1) is 17.4 Å². The molecule has 0 amide bonds. The fraction of sp³-hybridized carbons (Fsp3) is 0.381. The fourth-order valence-electron chi connectivity index (χ4n) is 3.61. The first-order valence-electron chi connectivity index (χ1n) is 8.64. The summed E-state index contributed by atoms with van der Waals surface area (Å²) < 4.78 is 17.6. The number of carbonyl (C=O) groups is 1. The molecule has 0 N–H and O–H groups in total. The first-order valence-corrected chi connectivity index (χ1v) is 9.79. The molecule has 3 unspecified atom stereocenters. The maximum absolute atomic E-state index is 13.3. The van der Waals surface area contributed by atoms with Crippen LogP contribution in [0.15, 0.2) is 53.4 Å². The van der Waals surface area contributed by atoms with E-state index in [1.54, 1.807) is 6.92 Å². The van der Waals surface area contributed by atoms with E-state index in [9.17, 15) is 9.00 Å². The van der Waals surface area contributed by atoms with Crippen LogP contribution < -0.4 is 0 Å². The molecule has 3 atom stereocenters. The van der Waals surface area contributed by atoms with Crippen LogP contribution in [0.3, 0.4) is 0 Å². The molecule has 2 aromatic rings. The minimum absolute atomic E-state index is 0.0189. The highest BCUT2D eigenvalue weighted by atomic mass is 32.2. The average Bonchev–Trinajstić information content (AvgIpc) is 2.62. The number of esters is 1. The number of benzene rings is 2. The molecule has 1 saturated heterocycles. The molecule has 25 heavy (non-hydrogen) atoms. The number of rotatable bonds is 4. The Kier molecular flexibility index (Phi) is 5.09. The van der Waals surface area contributed by atoms with Crippen LogP contribution in [0.5, 0.6) is 0 Å². The highest BCUT2D eigenvalue weighted by Gasteiger charge is 2.51.